The van der Waals surface area contributed by atoms with Crippen molar-refractivity contribution in [2.75, 3.05) is 31.7 Å². The number of methoxy groups -OCH3 is 1. The van der Waals surface area contributed by atoms with Crippen LogP contribution in [0.25, 0.3) is 0 Å². The Morgan fingerprint density at radius 1 is 1.47 bits per heavy atom. The van der Waals surface area contributed by atoms with Gasteiger partial charge in [-0.3, -0.25) is 0 Å². The van der Waals surface area contributed by atoms with Gasteiger partial charge in [0.25, 0.3) is 0 Å². The highest BCUT2D eigenvalue weighted by atomic mass is 16.6. The zero-order valence-corrected chi connectivity index (χ0v) is 10.0. The van der Waals surface area contributed by atoms with Crippen LogP contribution in [0.4, 0.5) is 5.95 Å². The molecule has 1 spiro atoms. The minimum absolute atomic E-state index is 0.0418. The van der Waals surface area contributed by atoms with Crippen molar-refractivity contribution in [1.82, 2.24) is 9.97 Å². The first-order valence-corrected chi connectivity index (χ1v) is 6.00. The van der Waals surface area contributed by atoms with Gasteiger partial charge in [-0.2, -0.15) is 0 Å². The van der Waals surface area contributed by atoms with Gasteiger partial charge in [0.15, 0.2) is 0 Å². The van der Waals surface area contributed by atoms with Crippen LogP contribution < -0.4 is 4.90 Å². The lowest BCUT2D eigenvalue weighted by Crippen LogP contribution is -2.33. The van der Waals surface area contributed by atoms with Crippen molar-refractivity contribution in [1.29, 1.82) is 0 Å². The summed E-state index contributed by atoms with van der Waals surface area (Å²) in [6.45, 7) is 2.54. The van der Waals surface area contributed by atoms with Crippen LogP contribution >= 0.6 is 0 Å². The van der Waals surface area contributed by atoms with E-state index >= 15 is 0 Å². The zero-order valence-electron chi connectivity index (χ0n) is 10.0. The number of anilines is 1. The molecular formula is C12H17N3O2. The van der Waals surface area contributed by atoms with Crippen LogP contribution in [0.2, 0.25) is 0 Å². The molecular weight excluding hydrogens is 218 g/mol. The number of nitrogens with zero attached hydrogens (tertiary/aromatic N) is 3. The Labute approximate surface area is 101 Å². The molecule has 3 heterocycles. The third-order valence-corrected chi connectivity index (χ3v) is 3.66. The summed E-state index contributed by atoms with van der Waals surface area (Å²) in [5.74, 6) is 0.800. The molecule has 2 aliphatic rings. The molecule has 3 rings (SSSR count). The second kappa shape index (κ2) is 4.23. The molecule has 17 heavy (non-hydrogen) atoms. The van der Waals surface area contributed by atoms with E-state index in [4.69, 9.17) is 9.47 Å². The van der Waals surface area contributed by atoms with Crippen LogP contribution in [0.5, 0.6) is 0 Å². The van der Waals surface area contributed by atoms with Gasteiger partial charge < -0.3 is 14.4 Å². The Kier molecular flexibility index (Phi) is 2.72. The van der Waals surface area contributed by atoms with Crippen molar-refractivity contribution in [2.45, 2.75) is 24.5 Å². The monoisotopic (exact) mass is 235 g/mol. The molecule has 92 valence electrons. The molecule has 0 N–H and O–H groups in total. The average Bonchev–Trinajstić information content (AvgIpc) is 2.99. The van der Waals surface area contributed by atoms with Gasteiger partial charge in [-0.1, -0.05) is 0 Å². The lowest BCUT2D eigenvalue weighted by atomic mass is 9.98. The standard InChI is InChI=1S/C12H17N3O2/c1-16-10-7-12(17-8-10)3-6-15(9-12)11-13-4-2-5-14-11/h2,4-5,10H,3,6-9H2,1H3/t10-,12-/m0/s1. The molecule has 0 radical (unpaired) electrons. The van der Waals surface area contributed by atoms with Gasteiger partial charge in [0, 0.05) is 32.5 Å². The van der Waals surface area contributed by atoms with Gasteiger partial charge >= 0.3 is 0 Å². The molecule has 1 aromatic rings. The van der Waals surface area contributed by atoms with Gasteiger partial charge in [-0.25, -0.2) is 9.97 Å². The SMILES string of the molecule is CO[C@@H]1CO[C@@]2(CCN(c3ncccn3)C2)C1. The van der Waals surface area contributed by atoms with Gasteiger partial charge in [-0.15, -0.1) is 0 Å². The minimum atomic E-state index is -0.0418. The lowest BCUT2D eigenvalue weighted by Gasteiger charge is -2.23. The van der Waals surface area contributed by atoms with E-state index in [9.17, 15) is 0 Å². The van der Waals surface area contributed by atoms with Crippen LogP contribution in [-0.4, -0.2) is 48.5 Å². The summed E-state index contributed by atoms with van der Waals surface area (Å²) in [5, 5.41) is 0. The molecule has 0 saturated carbocycles. The van der Waals surface area contributed by atoms with E-state index in [1.807, 2.05) is 6.07 Å². The van der Waals surface area contributed by atoms with E-state index < -0.39 is 0 Å². The second-order valence-electron chi connectivity index (χ2n) is 4.78. The van der Waals surface area contributed by atoms with Crippen molar-refractivity contribution in [2.24, 2.45) is 0 Å². The van der Waals surface area contributed by atoms with Crippen molar-refractivity contribution in [3.8, 4) is 0 Å². The van der Waals surface area contributed by atoms with E-state index in [0.29, 0.717) is 6.61 Å². The summed E-state index contributed by atoms with van der Waals surface area (Å²) < 4.78 is 11.3. The summed E-state index contributed by atoms with van der Waals surface area (Å²) in [5.41, 5.74) is -0.0418. The van der Waals surface area contributed by atoms with Crippen LogP contribution in [-0.2, 0) is 9.47 Å². The van der Waals surface area contributed by atoms with E-state index in [2.05, 4.69) is 14.9 Å². The van der Waals surface area contributed by atoms with E-state index in [1.165, 1.54) is 0 Å². The molecule has 0 aliphatic carbocycles. The molecule has 2 aliphatic heterocycles. The fraction of sp³-hybridized carbons (Fsp3) is 0.667. The number of hydrogen-bond donors (Lipinski definition) is 0. The van der Waals surface area contributed by atoms with Crippen molar-refractivity contribution in [3.05, 3.63) is 18.5 Å². The molecule has 5 nitrogen and oxygen atoms in total. The molecule has 0 unspecified atom stereocenters. The Balaban J connectivity index is 1.70. The number of aromatic nitrogens is 2. The first-order chi connectivity index (χ1) is 8.31. The van der Waals surface area contributed by atoms with Crippen molar-refractivity contribution < 1.29 is 9.47 Å². The predicted octanol–water partition coefficient (Wildman–Crippen LogP) is 0.861. The molecule has 2 atom stereocenters. The van der Waals surface area contributed by atoms with E-state index in [-0.39, 0.29) is 11.7 Å². The Hall–Kier alpha value is -1.20. The average molecular weight is 235 g/mol. The Morgan fingerprint density at radius 3 is 3.00 bits per heavy atom. The number of hydrogen-bond acceptors (Lipinski definition) is 5. The fourth-order valence-electron chi connectivity index (χ4n) is 2.71. The largest absolute Gasteiger partial charge is 0.379 e. The van der Waals surface area contributed by atoms with Gasteiger partial charge in [-0.05, 0) is 12.5 Å². The topological polar surface area (TPSA) is 47.5 Å². The number of ether oxygens (including phenoxy) is 2. The maximum Gasteiger partial charge on any atom is 0.225 e. The maximum atomic E-state index is 5.93. The first kappa shape index (κ1) is 10.9. The van der Waals surface area contributed by atoms with Crippen LogP contribution in [0.1, 0.15) is 12.8 Å². The first-order valence-electron chi connectivity index (χ1n) is 6.00. The summed E-state index contributed by atoms with van der Waals surface area (Å²) in [4.78, 5) is 10.8. The molecule has 1 aromatic heterocycles. The predicted molar refractivity (Wildman–Crippen MR) is 63.0 cm³/mol. The van der Waals surface area contributed by atoms with Crippen LogP contribution in [0, 0.1) is 0 Å². The normalized spacial score (nSPS) is 32.5. The highest BCUT2D eigenvalue weighted by molar-refractivity contribution is 5.32. The maximum absolute atomic E-state index is 5.93. The lowest BCUT2D eigenvalue weighted by molar-refractivity contribution is 0.0154. The summed E-state index contributed by atoms with van der Waals surface area (Å²) in [6.07, 6.45) is 5.81. The summed E-state index contributed by atoms with van der Waals surface area (Å²) in [7, 11) is 1.75. The Bertz CT molecular complexity index is 387. The van der Waals surface area contributed by atoms with Crippen molar-refractivity contribution >= 4 is 5.95 Å². The van der Waals surface area contributed by atoms with E-state index in [0.717, 1.165) is 31.9 Å². The third kappa shape index (κ3) is 2.00. The van der Waals surface area contributed by atoms with Crippen molar-refractivity contribution in [3.63, 3.8) is 0 Å². The van der Waals surface area contributed by atoms with Gasteiger partial charge in [0.2, 0.25) is 5.95 Å². The number of rotatable bonds is 2. The molecule has 0 bridgehead atoms. The summed E-state index contributed by atoms with van der Waals surface area (Å²) in [6, 6.07) is 1.84. The Morgan fingerprint density at radius 2 is 2.29 bits per heavy atom. The summed E-state index contributed by atoms with van der Waals surface area (Å²) >= 11 is 0. The van der Waals surface area contributed by atoms with Gasteiger partial charge in [0.05, 0.1) is 24.9 Å². The molecule has 5 heteroatoms. The minimum Gasteiger partial charge on any atom is -0.379 e. The highest BCUT2D eigenvalue weighted by Crippen LogP contribution is 2.36. The molecule has 2 fully saturated rings. The van der Waals surface area contributed by atoms with Crippen LogP contribution in [0.3, 0.4) is 0 Å². The quantitative estimate of drug-likeness (QED) is 0.761. The smallest absolute Gasteiger partial charge is 0.225 e. The van der Waals surface area contributed by atoms with Crippen LogP contribution in [0.15, 0.2) is 18.5 Å². The zero-order chi connectivity index (χ0) is 11.7. The third-order valence-electron chi connectivity index (χ3n) is 3.66. The van der Waals surface area contributed by atoms with E-state index in [1.54, 1.807) is 19.5 Å². The fourth-order valence-corrected chi connectivity index (χ4v) is 2.71. The second-order valence-corrected chi connectivity index (χ2v) is 4.78. The highest BCUT2D eigenvalue weighted by Gasteiger charge is 2.46. The van der Waals surface area contributed by atoms with Gasteiger partial charge in [0.1, 0.15) is 0 Å². The molecule has 2 saturated heterocycles. The molecule has 0 aromatic carbocycles. The molecule has 0 amide bonds.